The topological polar surface area (TPSA) is 22.2 Å². The summed E-state index contributed by atoms with van der Waals surface area (Å²) in [6, 6.07) is 42.3. The molecule has 10 rings (SSSR count). The number of fused-ring (bicyclic) bond motifs is 6. The fourth-order valence-corrected chi connectivity index (χ4v) is 8.70. The van der Waals surface area contributed by atoms with Gasteiger partial charge >= 0.3 is 0 Å². The molecule has 53 heavy (non-hydrogen) atoms. The molecule has 5 aromatic carbocycles. The van der Waals surface area contributed by atoms with Crippen LogP contribution in [0.1, 0.15) is 59.3 Å². The molecule has 3 heteroatoms. The van der Waals surface area contributed by atoms with Crippen LogP contribution in [0, 0.1) is 0 Å². The van der Waals surface area contributed by atoms with Gasteiger partial charge in [-0.05, 0) is 126 Å². The van der Waals surface area contributed by atoms with Crippen LogP contribution < -0.4 is 0 Å². The molecule has 0 saturated heterocycles. The maximum Gasteiger partial charge on any atom is 0.0640 e. The average Bonchev–Trinajstić information content (AvgIpc) is 3.75. The quantitative estimate of drug-likeness (QED) is 0.149. The number of hydrogen-bond acceptors (Lipinski definition) is 1. The van der Waals surface area contributed by atoms with Gasteiger partial charge in [0.1, 0.15) is 0 Å². The summed E-state index contributed by atoms with van der Waals surface area (Å²) < 4.78 is 4.99. The van der Waals surface area contributed by atoms with Crippen LogP contribution in [0.2, 0.25) is 0 Å². The molecule has 0 fully saturated rings. The first-order valence-electron chi connectivity index (χ1n) is 19.1. The van der Waals surface area contributed by atoms with E-state index in [2.05, 4.69) is 149 Å². The van der Waals surface area contributed by atoms with Crippen molar-refractivity contribution in [1.29, 1.82) is 0 Å². The molecule has 0 unspecified atom stereocenters. The average molecular weight is 684 g/mol. The number of rotatable bonds is 7. The second kappa shape index (κ2) is 13.4. The number of aryl methyl sites for hydroxylation is 1. The van der Waals surface area contributed by atoms with E-state index in [0.29, 0.717) is 6.54 Å². The van der Waals surface area contributed by atoms with Gasteiger partial charge in [0.15, 0.2) is 0 Å². The molecule has 256 valence electrons. The monoisotopic (exact) mass is 683 g/mol. The lowest BCUT2D eigenvalue weighted by atomic mass is 9.94. The Morgan fingerprint density at radius 2 is 1.42 bits per heavy atom. The van der Waals surface area contributed by atoms with E-state index in [1.807, 2.05) is 24.4 Å². The molecule has 0 radical (unpaired) electrons. The van der Waals surface area contributed by atoms with Crippen molar-refractivity contribution in [1.82, 2.24) is 9.13 Å². The van der Waals surface area contributed by atoms with E-state index < -0.39 is 0 Å². The predicted octanol–water partition coefficient (Wildman–Crippen LogP) is 12.6. The molecule has 3 aliphatic rings. The third-order valence-corrected chi connectivity index (χ3v) is 11.2. The first kappa shape index (κ1) is 31.5. The molecule has 0 atom stereocenters. The minimum absolute atomic E-state index is 0.658. The number of benzene rings is 5. The van der Waals surface area contributed by atoms with Crippen LogP contribution in [-0.4, -0.2) is 15.3 Å². The van der Waals surface area contributed by atoms with Gasteiger partial charge in [-0.1, -0.05) is 109 Å². The summed E-state index contributed by atoms with van der Waals surface area (Å²) in [4.78, 5) is 4.72. The van der Waals surface area contributed by atoms with Gasteiger partial charge in [0, 0.05) is 45.3 Å². The minimum Gasteiger partial charge on any atom is -0.313 e. The van der Waals surface area contributed by atoms with Crippen molar-refractivity contribution in [3.05, 3.63) is 179 Å². The highest BCUT2D eigenvalue weighted by molar-refractivity contribution is 6.03. The van der Waals surface area contributed by atoms with Crippen LogP contribution in [0.15, 0.2) is 151 Å². The van der Waals surface area contributed by atoms with E-state index in [1.54, 1.807) is 0 Å². The summed E-state index contributed by atoms with van der Waals surface area (Å²) in [5, 5.41) is 2.70. The Bertz CT molecular complexity index is 2670. The molecule has 0 saturated carbocycles. The molecular weight excluding hydrogens is 643 g/mol. The number of aliphatic imine (C=N–C) groups is 1. The second-order valence-electron chi connectivity index (χ2n) is 14.4. The van der Waals surface area contributed by atoms with Crippen LogP contribution in [-0.2, 0) is 19.4 Å². The third-order valence-electron chi connectivity index (χ3n) is 11.2. The molecule has 3 aliphatic carbocycles. The number of nitrogens with zero attached hydrogens (tertiary/aromatic N) is 3. The van der Waals surface area contributed by atoms with E-state index in [-0.39, 0.29) is 0 Å². The Morgan fingerprint density at radius 1 is 0.604 bits per heavy atom. The van der Waals surface area contributed by atoms with Gasteiger partial charge in [-0.2, -0.15) is 0 Å². The normalized spacial score (nSPS) is 15.0. The molecule has 0 bridgehead atoms. The Labute approximate surface area is 311 Å². The molecule has 2 aromatic heterocycles. The number of hydrogen-bond donors (Lipinski definition) is 0. The van der Waals surface area contributed by atoms with Gasteiger partial charge in [0.05, 0.1) is 17.6 Å². The van der Waals surface area contributed by atoms with Crippen molar-refractivity contribution < 1.29 is 0 Å². The van der Waals surface area contributed by atoms with E-state index in [1.165, 1.54) is 83.5 Å². The van der Waals surface area contributed by atoms with E-state index in [0.717, 1.165) is 44.1 Å². The second-order valence-corrected chi connectivity index (χ2v) is 14.4. The van der Waals surface area contributed by atoms with Gasteiger partial charge in [0.25, 0.3) is 0 Å². The van der Waals surface area contributed by atoms with Gasteiger partial charge in [-0.25, -0.2) is 0 Å². The van der Waals surface area contributed by atoms with Crippen molar-refractivity contribution in [2.24, 2.45) is 4.99 Å². The predicted molar refractivity (Wildman–Crippen MR) is 225 cm³/mol. The largest absolute Gasteiger partial charge is 0.313 e. The van der Waals surface area contributed by atoms with Crippen molar-refractivity contribution in [2.75, 3.05) is 0 Å². The van der Waals surface area contributed by atoms with Gasteiger partial charge in [-0.3, -0.25) is 4.99 Å². The Morgan fingerprint density at radius 3 is 2.30 bits per heavy atom. The Kier molecular flexibility index (Phi) is 7.98. The lowest BCUT2D eigenvalue weighted by Gasteiger charge is -2.15. The van der Waals surface area contributed by atoms with Crippen LogP contribution in [0.5, 0.6) is 0 Å². The molecule has 3 nitrogen and oxygen atoms in total. The SMILES string of the molecule is C1=CC(n2c3c(c4c(-c5ccc(-n6c7c(c8cc(-c9cccc(CN=Cc%10ccccc%10)c9)ccc86)C=CCC7)cc5)cccc42)CCC=C3)=CCC1. The van der Waals surface area contributed by atoms with Crippen molar-refractivity contribution in [3.63, 3.8) is 0 Å². The maximum atomic E-state index is 4.72. The third kappa shape index (κ3) is 5.64. The van der Waals surface area contributed by atoms with Crippen molar-refractivity contribution in [2.45, 2.75) is 45.1 Å². The van der Waals surface area contributed by atoms with E-state index >= 15 is 0 Å². The molecule has 0 aliphatic heterocycles. The fraction of sp³-hybridized carbons (Fsp3) is 0.140. The van der Waals surface area contributed by atoms with Crippen molar-refractivity contribution >= 4 is 45.9 Å². The van der Waals surface area contributed by atoms with E-state index in [9.17, 15) is 0 Å². The van der Waals surface area contributed by atoms with E-state index in [4.69, 9.17) is 4.99 Å². The number of aromatic nitrogens is 2. The summed E-state index contributed by atoms with van der Waals surface area (Å²) in [5.41, 5.74) is 18.0. The lowest BCUT2D eigenvalue weighted by Crippen LogP contribution is -2.02. The smallest absolute Gasteiger partial charge is 0.0640 e. The summed E-state index contributed by atoms with van der Waals surface area (Å²) in [6.45, 7) is 0.658. The lowest BCUT2D eigenvalue weighted by molar-refractivity contribution is 0.888. The Balaban J connectivity index is 1.01. The van der Waals surface area contributed by atoms with Gasteiger partial charge < -0.3 is 9.13 Å². The standard InChI is InChI=1S/C50H41N3/c1-3-13-35(14-4-1)33-51-34-36-15-11-16-38(31-36)39-27-30-48-45(32-39)43-19-7-9-22-46(43)52(48)41-28-25-37(26-29-41)42-21-12-24-49-50(42)44-20-8-10-23-47(44)53(49)40-17-5-2-6-18-40/h1,3-5,7,10-19,21,23-33H,2,6,8-9,20,22,34H2. The van der Waals surface area contributed by atoms with Crippen LogP contribution in [0.4, 0.5) is 0 Å². The highest BCUT2D eigenvalue weighted by atomic mass is 15.0. The maximum absolute atomic E-state index is 4.72. The van der Waals surface area contributed by atoms with Crippen LogP contribution >= 0.6 is 0 Å². The molecule has 0 amide bonds. The zero-order chi connectivity index (χ0) is 35.1. The van der Waals surface area contributed by atoms with Crippen LogP contribution in [0.3, 0.4) is 0 Å². The summed E-state index contributed by atoms with van der Waals surface area (Å²) in [5.74, 6) is 0. The highest BCUT2D eigenvalue weighted by Crippen LogP contribution is 2.41. The first-order chi connectivity index (χ1) is 26.3. The first-order valence-corrected chi connectivity index (χ1v) is 19.1. The fourth-order valence-electron chi connectivity index (χ4n) is 8.70. The van der Waals surface area contributed by atoms with Gasteiger partial charge in [0.2, 0.25) is 0 Å². The molecule has 7 aromatic rings. The zero-order valence-corrected chi connectivity index (χ0v) is 29.9. The summed E-state index contributed by atoms with van der Waals surface area (Å²) in [7, 11) is 0. The number of allylic oxidation sites excluding steroid dienone is 6. The summed E-state index contributed by atoms with van der Waals surface area (Å²) in [6.07, 6.45) is 24.8. The zero-order valence-electron chi connectivity index (χ0n) is 29.9. The Hall–Kier alpha value is -6.19. The highest BCUT2D eigenvalue weighted by Gasteiger charge is 2.23. The summed E-state index contributed by atoms with van der Waals surface area (Å²) >= 11 is 0. The molecular formula is C50H41N3. The molecule has 0 spiro atoms. The molecule has 2 heterocycles. The molecule has 0 N–H and O–H groups in total. The minimum atomic E-state index is 0.658. The van der Waals surface area contributed by atoms with Crippen molar-refractivity contribution in [3.8, 4) is 27.9 Å². The van der Waals surface area contributed by atoms with Crippen LogP contribution in [0.25, 0.3) is 67.6 Å². The van der Waals surface area contributed by atoms with Gasteiger partial charge in [-0.15, -0.1) is 0 Å².